The van der Waals surface area contributed by atoms with Gasteiger partial charge in [0, 0.05) is 0 Å². The van der Waals surface area contributed by atoms with Gasteiger partial charge in [0.05, 0.1) is 0 Å². The van der Waals surface area contributed by atoms with Crippen molar-refractivity contribution in [1.29, 1.82) is 0 Å². The molecule has 0 amide bonds. The summed E-state index contributed by atoms with van der Waals surface area (Å²) in [5, 5.41) is 0. The predicted molar refractivity (Wildman–Crippen MR) is 50.3 cm³/mol. The standard InChI is InChI=1S/C6H18S2/c1-7(2)8(3,4,5)6/h1-6H3. The second-order valence-corrected chi connectivity index (χ2v) is 17.6. The lowest BCUT2D eigenvalue weighted by atomic mass is 11.8. The Balaban J connectivity index is 4.92. The van der Waals surface area contributed by atoms with Gasteiger partial charge in [-0.05, 0) is 37.5 Å². The van der Waals surface area contributed by atoms with Crippen LogP contribution in [0.1, 0.15) is 0 Å². The van der Waals surface area contributed by atoms with Crippen molar-refractivity contribution in [2.75, 3.05) is 37.5 Å². The minimum absolute atomic E-state index is 0.610. The average molecular weight is 154 g/mol. The molecule has 0 nitrogen and oxygen atoms in total. The van der Waals surface area contributed by atoms with Crippen LogP contribution in [0, 0.1) is 0 Å². The Labute approximate surface area is 55.1 Å². The van der Waals surface area contributed by atoms with Crippen molar-refractivity contribution in [2.45, 2.75) is 0 Å². The lowest BCUT2D eigenvalue weighted by Crippen LogP contribution is -2.29. The molecule has 0 N–H and O–H groups in total. The molecular formula is C6H18S2. The van der Waals surface area contributed by atoms with Crippen LogP contribution in [-0.2, 0) is 17.2 Å². The normalized spacial score (nSPS) is 18.1. The summed E-state index contributed by atoms with van der Waals surface area (Å²) in [4.78, 5) is 0. The summed E-state index contributed by atoms with van der Waals surface area (Å²) in [7, 11) is -0.327. The monoisotopic (exact) mass is 154 g/mol. The fourth-order valence-electron chi connectivity index (χ4n) is 0. The summed E-state index contributed by atoms with van der Waals surface area (Å²) in [6.45, 7) is 0. The zero-order chi connectivity index (χ0) is 7.02. The van der Waals surface area contributed by atoms with Gasteiger partial charge in [0.2, 0.25) is 0 Å². The molecule has 8 heavy (non-hydrogen) atoms. The van der Waals surface area contributed by atoms with Crippen LogP contribution in [0.5, 0.6) is 0 Å². The number of hydrogen-bond acceptors (Lipinski definition) is 0. The summed E-state index contributed by atoms with van der Waals surface area (Å²) in [5.41, 5.74) is 0. The van der Waals surface area contributed by atoms with Crippen LogP contribution in [0.4, 0.5) is 0 Å². The van der Waals surface area contributed by atoms with E-state index in [4.69, 9.17) is 0 Å². The highest BCUT2D eigenvalue weighted by Gasteiger charge is 2.06. The molecule has 0 aromatic heterocycles. The Bertz CT molecular complexity index is 132. The summed E-state index contributed by atoms with van der Waals surface area (Å²) in [6, 6.07) is 0. The molecule has 0 spiro atoms. The molecule has 0 heterocycles. The summed E-state index contributed by atoms with van der Waals surface area (Å²) in [5.74, 6) is 0. The third kappa shape index (κ3) is 2.88. The smallest absolute Gasteiger partial charge is 0.0200 e. The van der Waals surface area contributed by atoms with Gasteiger partial charge >= 0.3 is 0 Å². The van der Waals surface area contributed by atoms with E-state index in [9.17, 15) is 0 Å². The quantitative estimate of drug-likeness (QED) is 0.488. The second kappa shape index (κ2) is 1.84. The summed E-state index contributed by atoms with van der Waals surface area (Å²) in [6.07, 6.45) is 14.3. The van der Waals surface area contributed by atoms with Crippen LogP contribution >= 0.6 is 0 Å². The lowest BCUT2D eigenvalue weighted by Gasteiger charge is -2.35. The largest absolute Gasteiger partial charge is 0.239 e. The molecule has 0 aliphatic heterocycles. The van der Waals surface area contributed by atoms with E-state index in [2.05, 4.69) is 37.5 Å². The van der Waals surface area contributed by atoms with E-state index in [0.717, 1.165) is 0 Å². The van der Waals surface area contributed by atoms with Crippen LogP contribution in [-0.4, -0.2) is 37.5 Å². The number of rotatable bonds is 0. The van der Waals surface area contributed by atoms with E-state index in [-0.39, 0.29) is 0 Å². The Hall–Kier alpha value is 0.700. The van der Waals surface area contributed by atoms with E-state index in [1.807, 2.05) is 0 Å². The van der Waals surface area contributed by atoms with Gasteiger partial charge < -0.3 is 0 Å². The van der Waals surface area contributed by atoms with Crippen LogP contribution in [0.2, 0.25) is 0 Å². The predicted octanol–water partition coefficient (Wildman–Crippen LogP) is 0.988. The molecule has 0 fully saturated rings. The van der Waals surface area contributed by atoms with Gasteiger partial charge in [-0.15, -0.1) is 0 Å². The first-order chi connectivity index (χ1) is 3.20. The lowest BCUT2D eigenvalue weighted by molar-refractivity contribution is 1.99. The number of hydrogen-bond donors (Lipinski definition) is 0. The third-order valence-electron chi connectivity index (χ3n) is 1.33. The zero-order valence-corrected chi connectivity index (χ0v) is 8.45. The maximum atomic E-state index is 2.40. The molecule has 0 atom stereocenters. The minimum atomic E-state index is -0.937. The Kier molecular flexibility index (Phi) is 2.00. The molecule has 0 aromatic rings. The van der Waals surface area contributed by atoms with Crippen molar-refractivity contribution in [3.05, 3.63) is 0 Å². The molecule has 0 aliphatic rings. The summed E-state index contributed by atoms with van der Waals surface area (Å²) >= 11 is 0. The minimum Gasteiger partial charge on any atom is -0.239 e. The first-order valence-electron chi connectivity index (χ1n) is 2.62. The molecular weight excluding hydrogens is 136 g/mol. The highest BCUT2D eigenvalue weighted by Crippen LogP contribution is 2.12. The van der Waals surface area contributed by atoms with Crippen LogP contribution < -0.4 is 0 Å². The van der Waals surface area contributed by atoms with E-state index in [1.54, 1.807) is 0 Å². The zero-order valence-electron chi connectivity index (χ0n) is 6.82. The maximum Gasteiger partial charge on any atom is -0.0200 e. The van der Waals surface area contributed by atoms with Crippen LogP contribution in [0.3, 0.4) is 0 Å². The van der Waals surface area contributed by atoms with E-state index in [1.165, 1.54) is 0 Å². The molecule has 2 heteroatoms. The Morgan fingerprint density at radius 1 is 0.875 bits per heavy atom. The fourth-order valence-corrected chi connectivity index (χ4v) is 0. The SMILES string of the molecule is CS(C)=S(C)(C)(C)C. The molecule has 0 radical (unpaired) electrons. The highest BCUT2D eigenvalue weighted by atomic mass is 32.9. The van der Waals surface area contributed by atoms with Crippen LogP contribution in [0.15, 0.2) is 0 Å². The first kappa shape index (κ1) is 8.70. The highest BCUT2D eigenvalue weighted by molar-refractivity contribution is 8.61. The fraction of sp³-hybridized carbons (Fsp3) is 1.00. The Morgan fingerprint density at radius 3 is 1.00 bits per heavy atom. The van der Waals surface area contributed by atoms with E-state index in [0.29, 0.717) is 9.45 Å². The van der Waals surface area contributed by atoms with Gasteiger partial charge in [-0.2, -0.15) is 9.45 Å². The van der Waals surface area contributed by atoms with Crippen molar-refractivity contribution < 1.29 is 0 Å². The van der Waals surface area contributed by atoms with Gasteiger partial charge in [0.1, 0.15) is 0 Å². The Morgan fingerprint density at radius 2 is 1.00 bits per heavy atom. The van der Waals surface area contributed by atoms with Gasteiger partial charge in [0.15, 0.2) is 0 Å². The van der Waals surface area contributed by atoms with Gasteiger partial charge in [0.25, 0.3) is 0 Å². The van der Waals surface area contributed by atoms with E-state index < -0.39 is 7.72 Å². The molecule has 0 unspecified atom stereocenters. The molecule has 0 aliphatic carbocycles. The van der Waals surface area contributed by atoms with Gasteiger partial charge in [-0.1, -0.05) is 0 Å². The molecule has 0 bridgehead atoms. The van der Waals surface area contributed by atoms with Crippen molar-refractivity contribution in [1.82, 2.24) is 0 Å². The molecule has 0 saturated carbocycles. The van der Waals surface area contributed by atoms with Gasteiger partial charge in [-0.3, -0.25) is 0 Å². The van der Waals surface area contributed by atoms with Crippen molar-refractivity contribution in [3.63, 3.8) is 0 Å². The topological polar surface area (TPSA) is 0 Å². The molecule has 54 valence electrons. The van der Waals surface area contributed by atoms with Gasteiger partial charge in [-0.25, -0.2) is 7.72 Å². The van der Waals surface area contributed by atoms with E-state index >= 15 is 0 Å². The molecule has 0 saturated heterocycles. The molecule has 0 aromatic carbocycles. The first-order valence-corrected chi connectivity index (χ1v) is 8.85. The average Bonchev–Trinajstić information content (AvgIpc) is 1.27. The van der Waals surface area contributed by atoms with Crippen molar-refractivity contribution in [3.8, 4) is 0 Å². The van der Waals surface area contributed by atoms with Crippen LogP contribution in [0.25, 0.3) is 0 Å². The van der Waals surface area contributed by atoms with Crippen molar-refractivity contribution in [2.24, 2.45) is 0 Å². The maximum absolute atomic E-state index is 2.40. The molecule has 0 rings (SSSR count). The second-order valence-electron chi connectivity index (χ2n) is 3.86. The third-order valence-corrected chi connectivity index (χ3v) is 12.0. The summed E-state index contributed by atoms with van der Waals surface area (Å²) < 4.78 is 0. The van der Waals surface area contributed by atoms with Crippen molar-refractivity contribution >= 4 is 17.2 Å².